The molecule has 0 unspecified atom stereocenters. The molecule has 4 rings (SSSR count). The number of nitrogens with zero attached hydrogens (tertiary/aromatic N) is 2. The van der Waals surface area contributed by atoms with Gasteiger partial charge in [-0.05, 0) is 37.5 Å². The normalized spacial score (nSPS) is 13.4. The van der Waals surface area contributed by atoms with Crippen molar-refractivity contribution in [1.82, 2.24) is 4.90 Å². The van der Waals surface area contributed by atoms with Gasteiger partial charge in [0.05, 0.1) is 0 Å². The molecular weight excluding hydrogens is 376 g/mol. The largest absolute Gasteiger partial charge is 1.00 e. The predicted octanol–water partition coefficient (Wildman–Crippen LogP) is 2.26. The van der Waals surface area contributed by atoms with E-state index in [9.17, 15) is 0 Å². The zero-order valence-electron chi connectivity index (χ0n) is 17.5. The van der Waals surface area contributed by atoms with Crippen LogP contribution in [0.3, 0.4) is 0 Å². The summed E-state index contributed by atoms with van der Waals surface area (Å²) in [4.78, 5) is 2.49. The zero-order chi connectivity index (χ0) is 19.5. The summed E-state index contributed by atoms with van der Waals surface area (Å²) in [5.41, 5.74) is 8.28. The van der Waals surface area contributed by atoms with Gasteiger partial charge in [-0.25, -0.2) is 0 Å². The fourth-order valence-electron chi connectivity index (χ4n) is 4.39. The molecule has 3 heteroatoms. The van der Waals surface area contributed by atoms with Crippen LogP contribution in [0.5, 0.6) is 0 Å². The Labute approximate surface area is 180 Å². The Balaban J connectivity index is 0.00000240. The zero-order valence-corrected chi connectivity index (χ0v) is 18.2. The lowest BCUT2D eigenvalue weighted by molar-refractivity contribution is -0.530. The number of aryl methyl sites for hydroxylation is 3. The Morgan fingerprint density at radius 3 is 1.86 bits per heavy atom. The maximum Gasteiger partial charge on any atom is 0.235 e. The van der Waals surface area contributed by atoms with Gasteiger partial charge in [-0.15, -0.1) is 0 Å². The van der Waals surface area contributed by atoms with E-state index in [1.165, 1.54) is 33.4 Å². The molecule has 0 radical (unpaired) electrons. The van der Waals surface area contributed by atoms with Crippen LogP contribution in [0.4, 0.5) is 0 Å². The van der Waals surface area contributed by atoms with Gasteiger partial charge < -0.3 is 12.4 Å². The van der Waals surface area contributed by atoms with E-state index in [4.69, 9.17) is 0 Å². The third-order valence-corrected chi connectivity index (χ3v) is 5.72. The van der Waals surface area contributed by atoms with Gasteiger partial charge in [0.2, 0.25) is 6.34 Å². The van der Waals surface area contributed by atoms with Crippen molar-refractivity contribution >= 4 is 6.34 Å². The number of rotatable bonds is 5. The van der Waals surface area contributed by atoms with Crippen molar-refractivity contribution in [2.24, 2.45) is 0 Å². The number of halogens is 1. The number of hydrogen-bond donors (Lipinski definition) is 0. The van der Waals surface area contributed by atoms with Crippen molar-refractivity contribution in [3.8, 4) is 0 Å². The summed E-state index contributed by atoms with van der Waals surface area (Å²) in [6, 6.07) is 26.5. The lowest BCUT2D eigenvalue weighted by atomic mass is 9.97. The van der Waals surface area contributed by atoms with E-state index in [-0.39, 0.29) is 18.4 Å². The van der Waals surface area contributed by atoms with Crippen LogP contribution >= 0.6 is 0 Å². The molecule has 1 aliphatic rings. The first-order valence-electron chi connectivity index (χ1n) is 10.1. The van der Waals surface area contributed by atoms with Gasteiger partial charge in [0.1, 0.15) is 25.7 Å². The van der Waals surface area contributed by atoms with Gasteiger partial charge in [-0.1, -0.05) is 78.4 Å². The molecule has 3 aromatic rings. The minimum atomic E-state index is 0. The van der Waals surface area contributed by atoms with Gasteiger partial charge in [0, 0.05) is 11.1 Å². The van der Waals surface area contributed by atoms with Crippen LogP contribution in [-0.4, -0.2) is 28.9 Å². The van der Waals surface area contributed by atoms with Gasteiger partial charge >= 0.3 is 0 Å². The number of hydrogen-bond acceptors (Lipinski definition) is 1. The van der Waals surface area contributed by atoms with Crippen LogP contribution in [0, 0.1) is 20.8 Å². The summed E-state index contributed by atoms with van der Waals surface area (Å²) in [6.07, 6.45) is 2.34. The van der Waals surface area contributed by atoms with Crippen LogP contribution in [0.1, 0.15) is 39.4 Å². The molecular formula is C26H29ClN2. The monoisotopic (exact) mass is 404 g/mol. The molecule has 0 saturated carbocycles. The van der Waals surface area contributed by atoms with E-state index < -0.39 is 0 Å². The van der Waals surface area contributed by atoms with Crippen LogP contribution in [0.2, 0.25) is 0 Å². The van der Waals surface area contributed by atoms with E-state index in [0.717, 1.165) is 19.6 Å². The molecule has 0 aromatic heterocycles. The Morgan fingerprint density at radius 2 is 1.34 bits per heavy atom. The molecule has 0 fully saturated rings. The van der Waals surface area contributed by atoms with Crippen molar-refractivity contribution in [2.45, 2.75) is 33.4 Å². The molecule has 3 aromatic carbocycles. The Hall–Kier alpha value is -2.58. The smallest absolute Gasteiger partial charge is 0.235 e. The Bertz CT molecular complexity index is 918. The van der Waals surface area contributed by atoms with Crippen molar-refractivity contribution < 1.29 is 17.0 Å². The van der Waals surface area contributed by atoms with Crippen LogP contribution in [0.15, 0.2) is 72.8 Å². The van der Waals surface area contributed by atoms with Crippen molar-refractivity contribution in [1.29, 1.82) is 0 Å². The molecule has 0 amide bonds. The SMILES string of the molecule is Cc1cc(C)c(C[N+]2=CN(C(c3ccccc3)c3ccccc3)CC2)c(C)c1.[Cl-]. The summed E-state index contributed by atoms with van der Waals surface area (Å²) in [5.74, 6) is 0. The molecule has 0 atom stereocenters. The molecule has 0 N–H and O–H groups in total. The van der Waals surface area contributed by atoms with Crippen LogP contribution in [-0.2, 0) is 6.54 Å². The van der Waals surface area contributed by atoms with E-state index in [1.54, 1.807) is 0 Å². The van der Waals surface area contributed by atoms with E-state index in [2.05, 4.69) is 109 Å². The molecule has 0 saturated heterocycles. The van der Waals surface area contributed by atoms with E-state index >= 15 is 0 Å². The maximum absolute atomic E-state index is 2.49. The highest BCUT2D eigenvalue weighted by atomic mass is 35.5. The van der Waals surface area contributed by atoms with E-state index in [0.29, 0.717) is 0 Å². The average Bonchev–Trinajstić information content (AvgIpc) is 3.15. The summed E-state index contributed by atoms with van der Waals surface area (Å²) >= 11 is 0. The summed E-state index contributed by atoms with van der Waals surface area (Å²) in [7, 11) is 0. The Kier molecular flexibility index (Phi) is 6.76. The standard InChI is InChI=1S/C26H29N2.ClH/c1-20-16-21(2)25(22(3)17-20)18-27-14-15-28(19-27)26(23-10-6-4-7-11-23)24-12-8-5-9-13-24;/h4-13,16-17,19,26H,14-15,18H2,1-3H3;1H/q+1;/p-1. The van der Waals surface area contributed by atoms with Gasteiger partial charge in [-0.3, -0.25) is 9.48 Å². The van der Waals surface area contributed by atoms with Gasteiger partial charge in [-0.2, -0.15) is 0 Å². The summed E-state index contributed by atoms with van der Waals surface area (Å²) in [6.45, 7) is 9.73. The fourth-order valence-corrected chi connectivity index (χ4v) is 4.39. The van der Waals surface area contributed by atoms with Crippen LogP contribution < -0.4 is 12.4 Å². The van der Waals surface area contributed by atoms with Crippen molar-refractivity contribution in [3.63, 3.8) is 0 Å². The first-order chi connectivity index (χ1) is 13.6. The second kappa shape index (κ2) is 9.28. The average molecular weight is 405 g/mol. The summed E-state index contributed by atoms with van der Waals surface area (Å²) < 4.78 is 2.46. The lowest BCUT2D eigenvalue weighted by Crippen LogP contribution is -3.00. The van der Waals surface area contributed by atoms with Crippen molar-refractivity contribution in [3.05, 3.63) is 106 Å². The molecule has 0 aliphatic carbocycles. The lowest BCUT2D eigenvalue weighted by Gasteiger charge is -2.21. The van der Waals surface area contributed by atoms with Crippen molar-refractivity contribution in [2.75, 3.05) is 13.1 Å². The highest BCUT2D eigenvalue weighted by Crippen LogP contribution is 2.29. The Morgan fingerprint density at radius 1 is 0.828 bits per heavy atom. The predicted molar refractivity (Wildman–Crippen MR) is 117 cm³/mol. The fraction of sp³-hybridized carbons (Fsp3) is 0.269. The molecule has 0 bridgehead atoms. The molecule has 1 aliphatic heterocycles. The molecule has 29 heavy (non-hydrogen) atoms. The quantitative estimate of drug-likeness (QED) is 0.591. The highest BCUT2D eigenvalue weighted by molar-refractivity contribution is 5.54. The summed E-state index contributed by atoms with van der Waals surface area (Å²) in [5, 5.41) is 0. The molecule has 150 valence electrons. The third-order valence-electron chi connectivity index (χ3n) is 5.72. The number of benzene rings is 3. The minimum Gasteiger partial charge on any atom is -1.00 e. The first-order valence-corrected chi connectivity index (χ1v) is 10.1. The van der Waals surface area contributed by atoms with E-state index in [1.807, 2.05) is 0 Å². The maximum atomic E-state index is 2.49. The molecule has 0 spiro atoms. The molecule has 1 heterocycles. The van der Waals surface area contributed by atoms with Gasteiger partial charge in [0.15, 0.2) is 0 Å². The third kappa shape index (κ3) is 4.71. The van der Waals surface area contributed by atoms with Gasteiger partial charge in [0.25, 0.3) is 0 Å². The second-order valence-electron chi connectivity index (χ2n) is 7.92. The molecule has 2 nitrogen and oxygen atoms in total. The highest BCUT2D eigenvalue weighted by Gasteiger charge is 2.30. The topological polar surface area (TPSA) is 6.25 Å². The minimum absolute atomic E-state index is 0. The first kappa shape index (κ1) is 21.1. The second-order valence-corrected chi connectivity index (χ2v) is 7.92. The van der Waals surface area contributed by atoms with Crippen LogP contribution in [0.25, 0.3) is 0 Å².